The molecule has 0 spiro atoms. The molecule has 0 atom stereocenters. The van der Waals surface area contributed by atoms with Crippen molar-refractivity contribution >= 4 is 21.6 Å². The highest BCUT2D eigenvalue weighted by molar-refractivity contribution is 7.22. The van der Waals surface area contributed by atoms with Crippen LogP contribution in [0.4, 0.5) is 0 Å². The lowest BCUT2D eigenvalue weighted by atomic mass is 10.2. The van der Waals surface area contributed by atoms with Gasteiger partial charge in [-0.05, 0) is 45.6 Å². The summed E-state index contributed by atoms with van der Waals surface area (Å²) in [5.41, 5.74) is 3.39. The van der Waals surface area contributed by atoms with Crippen LogP contribution in [-0.2, 0) is 13.1 Å². The molecule has 0 unspecified atom stereocenters. The Morgan fingerprint density at radius 2 is 2.14 bits per heavy atom. The molecule has 0 saturated heterocycles. The predicted octanol–water partition coefficient (Wildman–Crippen LogP) is 3.55. The molecule has 110 valence electrons. The zero-order valence-corrected chi connectivity index (χ0v) is 13.7. The first-order valence-electron chi connectivity index (χ1n) is 7.14. The van der Waals surface area contributed by atoms with Gasteiger partial charge in [0.2, 0.25) is 0 Å². The Hall–Kier alpha value is -1.72. The van der Waals surface area contributed by atoms with Crippen molar-refractivity contribution in [2.75, 3.05) is 14.1 Å². The number of fused-ring (bicyclic) bond motifs is 1. The van der Waals surface area contributed by atoms with Crippen molar-refractivity contribution in [3.05, 3.63) is 35.9 Å². The quantitative estimate of drug-likeness (QED) is 0.739. The van der Waals surface area contributed by atoms with Gasteiger partial charge in [-0.3, -0.25) is 4.98 Å². The number of hydrogen-bond acceptors (Lipinski definition) is 4. The van der Waals surface area contributed by atoms with Crippen molar-refractivity contribution in [1.82, 2.24) is 19.4 Å². The third-order valence-corrected chi connectivity index (χ3v) is 4.80. The zero-order valence-electron chi connectivity index (χ0n) is 12.9. The molecule has 3 aromatic rings. The molecule has 3 rings (SSSR count). The molecule has 0 aliphatic carbocycles. The summed E-state index contributed by atoms with van der Waals surface area (Å²) in [4.78, 5) is 12.6. The van der Waals surface area contributed by atoms with E-state index in [0.29, 0.717) is 0 Å². The molecule has 3 heterocycles. The molecular formula is C16H20N4S. The normalized spacial score (nSPS) is 11.7. The van der Waals surface area contributed by atoms with Crippen LogP contribution in [0.5, 0.6) is 0 Å². The molecule has 0 radical (unpaired) electrons. The summed E-state index contributed by atoms with van der Waals surface area (Å²) in [6.07, 6.45) is 4.02. The van der Waals surface area contributed by atoms with E-state index in [-0.39, 0.29) is 0 Å². The second-order valence-corrected chi connectivity index (χ2v) is 6.57. The lowest BCUT2D eigenvalue weighted by Gasteiger charge is -2.09. The minimum atomic E-state index is 0.857. The highest BCUT2D eigenvalue weighted by Crippen LogP contribution is 2.33. The Kier molecular flexibility index (Phi) is 3.78. The maximum atomic E-state index is 4.82. The minimum absolute atomic E-state index is 0.857. The number of imidazole rings is 1. The Balaban J connectivity index is 2.06. The summed E-state index contributed by atoms with van der Waals surface area (Å²) in [6, 6.07) is 4.21. The van der Waals surface area contributed by atoms with Crippen LogP contribution in [0.15, 0.2) is 24.5 Å². The molecule has 4 nitrogen and oxygen atoms in total. The predicted molar refractivity (Wildman–Crippen MR) is 88.6 cm³/mol. The maximum absolute atomic E-state index is 4.82. The lowest BCUT2D eigenvalue weighted by Crippen LogP contribution is -2.15. The summed E-state index contributed by atoms with van der Waals surface area (Å²) in [5, 5.41) is 0. The monoisotopic (exact) mass is 300 g/mol. The molecule has 21 heavy (non-hydrogen) atoms. The van der Waals surface area contributed by atoms with E-state index in [0.717, 1.165) is 30.1 Å². The second-order valence-electron chi connectivity index (χ2n) is 5.52. The average Bonchev–Trinajstić information content (AvgIpc) is 3.02. The first-order chi connectivity index (χ1) is 10.1. The molecule has 0 aromatic carbocycles. The van der Waals surface area contributed by atoms with Crippen LogP contribution < -0.4 is 0 Å². The fourth-order valence-corrected chi connectivity index (χ4v) is 3.49. The first-order valence-corrected chi connectivity index (χ1v) is 7.96. The standard InChI is InChI=1S/C16H20N4S/c1-5-20-9-13(18-15(20)10-19(3)4)14-8-12-16(21-14)11(2)6-7-17-12/h6-9H,5,10H2,1-4H3. The molecule has 0 aliphatic rings. The van der Waals surface area contributed by atoms with Gasteiger partial charge in [0.1, 0.15) is 5.82 Å². The topological polar surface area (TPSA) is 34.0 Å². The highest BCUT2D eigenvalue weighted by atomic mass is 32.1. The number of rotatable bonds is 4. The van der Waals surface area contributed by atoms with Crippen LogP contribution >= 0.6 is 11.3 Å². The van der Waals surface area contributed by atoms with Crippen LogP contribution in [0.25, 0.3) is 20.8 Å². The van der Waals surface area contributed by atoms with Crippen molar-refractivity contribution in [3.63, 3.8) is 0 Å². The summed E-state index contributed by atoms with van der Waals surface area (Å²) < 4.78 is 3.48. The lowest BCUT2D eigenvalue weighted by molar-refractivity contribution is 0.382. The van der Waals surface area contributed by atoms with Gasteiger partial charge < -0.3 is 9.47 Å². The average molecular weight is 300 g/mol. The van der Waals surface area contributed by atoms with Crippen LogP contribution in [0.2, 0.25) is 0 Å². The Morgan fingerprint density at radius 3 is 2.81 bits per heavy atom. The van der Waals surface area contributed by atoms with E-state index in [2.05, 4.69) is 60.7 Å². The van der Waals surface area contributed by atoms with Gasteiger partial charge in [-0.15, -0.1) is 11.3 Å². The second kappa shape index (κ2) is 5.58. The Morgan fingerprint density at radius 1 is 1.33 bits per heavy atom. The van der Waals surface area contributed by atoms with Gasteiger partial charge in [-0.2, -0.15) is 0 Å². The molecular weight excluding hydrogens is 280 g/mol. The van der Waals surface area contributed by atoms with E-state index in [1.165, 1.54) is 15.1 Å². The summed E-state index contributed by atoms with van der Waals surface area (Å²) >= 11 is 1.78. The molecule has 0 saturated carbocycles. The van der Waals surface area contributed by atoms with E-state index < -0.39 is 0 Å². The molecule has 5 heteroatoms. The number of hydrogen-bond donors (Lipinski definition) is 0. The summed E-state index contributed by atoms with van der Waals surface area (Å²) in [5.74, 6) is 1.11. The van der Waals surface area contributed by atoms with Crippen LogP contribution in [0.3, 0.4) is 0 Å². The van der Waals surface area contributed by atoms with Gasteiger partial charge in [0, 0.05) is 18.9 Å². The molecule has 0 fully saturated rings. The van der Waals surface area contributed by atoms with Gasteiger partial charge in [0.15, 0.2) is 0 Å². The van der Waals surface area contributed by atoms with E-state index in [9.17, 15) is 0 Å². The van der Waals surface area contributed by atoms with Gasteiger partial charge in [-0.1, -0.05) is 0 Å². The number of aromatic nitrogens is 3. The van der Waals surface area contributed by atoms with Crippen molar-refractivity contribution in [2.45, 2.75) is 26.9 Å². The van der Waals surface area contributed by atoms with Gasteiger partial charge in [0.25, 0.3) is 0 Å². The van der Waals surface area contributed by atoms with Crippen molar-refractivity contribution in [3.8, 4) is 10.6 Å². The summed E-state index contributed by atoms with van der Waals surface area (Å²) in [6.45, 7) is 6.09. The van der Waals surface area contributed by atoms with E-state index in [1.807, 2.05) is 6.20 Å². The first kappa shape index (κ1) is 14.2. The molecule has 0 bridgehead atoms. The van der Waals surface area contributed by atoms with Gasteiger partial charge in [0.05, 0.1) is 27.3 Å². The summed E-state index contributed by atoms with van der Waals surface area (Å²) in [7, 11) is 4.14. The van der Waals surface area contributed by atoms with Crippen molar-refractivity contribution in [2.24, 2.45) is 0 Å². The largest absolute Gasteiger partial charge is 0.333 e. The molecule has 0 aliphatic heterocycles. The third-order valence-electron chi connectivity index (χ3n) is 3.52. The molecule has 3 aromatic heterocycles. The smallest absolute Gasteiger partial charge is 0.123 e. The van der Waals surface area contributed by atoms with Gasteiger partial charge in [-0.25, -0.2) is 4.98 Å². The molecule has 0 amide bonds. The van der Waals surface area contributed by atoms with Crippen molar-refractivity contribution in [1.29, 1.82) is 0 Å². The minimum Gasteiger partial charge on any atom is -0.333 e. The van der Waals surface area contributed by atoms with E-state index in [1.54, 1.807) is 11.3 Å². The van der Waals surface area contributed by atoms with Crippen LogP contribution in [-0.4, -0.2) is 33.5 Å². The van der Waals surface area contributed by atoms with Crippen molar-refractivity contribution < 1.29 is 0 Å². The maximum Gasteiger partial charge on any atom is 0.123 e. The van der Waals surface area contributed by atoms with Crippen LogP contribution in [0, 0.1) is 6.92 Å². The van der Waals surface area contributed by atoms with Gasteiger partial charge >= 0.3 is 0 Å². The Bertz CT molecular complexity index is 770. The number of nitrogens with zero attached hydrogens (tertiary/aromatic N) is 4. The highest BCUT2D eigenvalue weighted by Gasteiger charge is 2.13. The van der Waals surface area contributed by atoms with E-state index in [4.69, 9.17) is 4.98 Å². The molecule has 0 N–H and O–H groups in total. The fraction of sp³-hybridized carbons (Fsp3) is 0.375. The number of aryl methyl sites for hydroxylation is 2. The number of pyridine rings is 1. The van der Waals surface area contributed by atoms with Crippen LogP contribution in [0.1, 0.15) is 18.3 Å². The van der Waals surface area contributed by atoms with E-state index >= 15 is 0 Å². The third kappa shape index (κ3) is 2.71. The number of thiophene rings is 1. The zero-order chi connectivity index (χ0) is 15.0. The fourth-order valence-electron chi connectivity index (χ4n) is 2.45. The SMILES string of the molecule is CCn1cc(-c2cc3nccc(C)c3s2)nc1CN(C)C. The Labute approximate surface area is 129 Å².